The number of benzene rings is 3. The van der Waals surface area contributed by atoms with Crippen molar-refractivity contribution in [2.75, 3.05) is 33.4 Å². The number of aromatic hydroxyl groups is 1. The van der Waals surface area contributed by atoms with Crippen LogP contribution in [0.2, 0.25) is 0 Å². The Hall–Kier alpha value is -3.04. The van der Waals surface area contributed by atoms with E-state index in [0.717, 1.165) is 29.9 Å². The summed E-state index contributed by atoms with van der Waals surface area (Å²) in [4.78, 5) is 19.7. The number of hydrogen-bond donors (Lipinski definition) is 2. The summed E-state index contributed by atoms with van der Waals surface area (Å²) >= 11 is 1.53. The number of carbonyl (C=O) groups is 1. The number of ether oxygens (including phenoxy) is 2. The minimum atomic E-state index is -0.187. The van der Waals surface area contributed by atoms with Gasteiger partial charge in [-0.3, -0.25) is 9.63 Å². The molecule has 1 heterocycles. The monoisotopic (exact) mass is 538 g/mol. The maximum absolute atomic E-state index is 12.4. The van der Waals surface area contributed by atoms with E-state index in [0.29, 0.717) is 37.4 Å². The lowest BCUT2D eigenvalue weighted by Crippen LogP contribution is -2.32. The predicted molar refractivity (Wildman–Crippen MR) is 151 cm³/mol. The van der Waals surface area contributed by atoms with E-state index in [4.69, 9.17) is 14.3 Å². The Morgan fingerprint density at radius 2 is 1.74 bits per heavy atom. The second-order valence-corrected chi connectivity index (χ2v) is 10.0. The zero-order chi connectivity index (χ0) is 27.2. The number of aryl methyl sites for hydroxylation is 1. The van der Waals surface area contributed by atoms with Crippen LogP contribution in [0.15, 0.2) is 77.7 Å². The van der Waals surface area contributed by atoms with Gasteiger partial charge in [0.2, 0.25) is 0 Å². The van der Waals surface area contributed by atoms with Gasteiger partial charge in [-0.25, -0.2) is 0 Å². The van der Waals surface area contributed by atoms with Crippen LogP contribution in [-0.2, 0) is 9.57 Å². The molecule has 3 aromatic carbocycles. The summed E-state index contributed by atoms with van der Waals surface area (Å²) in [6, 6.07) is 23.1. The quantitative estimate of drug-likeness (QED) is 0.188. The summed E-state index contributed by atoms with van der Waals surface area (Å²) < 4.78 is 12.5. The van der Waals surface area contributed by atoms with E-state index in [-0.39, 0.29) is 17.8 Å². The third kappa shape index (κ3) is 10.0. The third-order valence-corrected chi connectivity index (χ3v) is 6.95. The lowest BCUT2D eigenvalue weighted by Gasteiger charge is -2.28. The van der Waals surface area contributed by atoms with Gasteiger partial charge in [-0.05, 0) is 81.5 Å². The first-order valence-corrected chi connectivity index (χ1v) is 13.7. The van der Waals surface area contributed by atoms with E-state index in [2.05, 4.69) is 24.4 Å². The van der Waals surface area contributed by atoms with Crippen molar-refractivity contribution in [3.05, 3.63) is 89.5 Å². The predicted octanol–water partition coefficient (Wildman–Crippen LogP) is 5.94. The summed E-state index contributed by atoms with van der Waals surface area (Å²) in [5, 5.41) is 12.7. The smallest absolute Gasteiger partial charge is 0.251 e. The van der Waals surface area contributed by atoms with Crippen LogP contribution in [0.3, 0.4) is 0 Å². The lowest BCUT2D eigenvalue weighted by atomic mass is 10.1. The molecule has 0 unspecified atom stereocenters. The maximum Gasteiger partial charge on any atom is 0.251 e. The molecule has 1 saturated heterocycles. The highest BCUT2D eigenvalue weighted by Gasteiger charge is 2.20. The summed E-state index contributed by atoms with van der Waals surface area (Å²) in [5.74, 6) is 0.749. The number of nitrogens with one attached hydrogen (secondary N) is 1. The number of rotatable bonds is 10. The Morgan fingerprint density at radius 1 is 1.03 bits per heavy atom. The van der Waals surface area contributed by atoms with Crippen molar-refractivity contribution in [1.29, 1.82) is 0 Å². The highest BCUT2D eigenvalue weighted by atomic mass is 32.2. The van der Waals surface area contributed by atoms with Gasteiger partial charge in [-0.15, -0.1) is 4.47 Å². The molecule has 0 bridgehead atoms. The summed E-state index contributed by atoms with van der Waals surface area (Å²) in [7, 11) is 1.65. The fraction of sp³-hybridized carbons (Fsp3) is 0.367. The molecule has 1 amide bonds. The van der Waals surface area contributed by atoms with E-state index >= 15 is 0 Å². The molecule has 0 aliphatic carbocycles. The van der Waals surface area contributed by atoms with Gasteiger partial charge >= 0.3 is 0 Å². The molecule has 0 atom stereocenters. The first-order valence-electron chi connectivity index (χ1n) is 12.9. The standard InChI is InChI=1S/C23H30N2O5S.C7H8/c1-17-21(5-3-6-22(17)26)23(27)24-13-4-14-25(30-19-11-15-29-16-12-19)31-20-9-7-18(28-2)8-10-20;1-7-5-3-2-4-6-7/h3,5-10,19,26H,4,11-16H2,1-2H3,(H,24,27);2-6H,1H3. The van der Waals surface area contributed by atoms with Crippen LogP contribution in [0.25, 0.3) is 0 Å². The Balaban J connectivity index is 0.000000494. The second kappa shape index (κ2) is 16.0. The molecule has 0 spiro atoms. The molecule has 204 valence electrons. The first kappa shape index (κ1) is 29.5. The van der Waals surface area contributed by atoms with E-state index in [1.807, 2.05) is 46.9 Å². The van der Waals surface area contributed by atoms with E-state index in [1.54, 1.807) is 32.2 Å². The largest absolute Gasteiger partial charge is 0.508 e. The minimum absolute atomic E-state index is 0.125. The molecular weight excluding hydrogens is 500 g/mol. The number of phenolic OH excluding ortho intramolecular Hbond substituents is 1. The summed E-state index contributed by atoms with van der Waals surface area (Å²) in [6.45, 7) is 6.40. The average molecular weight is 539 g/mol. The minimum Gasteiger partial charge on any atom is -0.508 e. The Kier molecular flexibility index (Phi) is 12.5. The fourth-order valence-electron chi connectivity index (χ4n) is 3.73. The van der Waals surface area contributed by atoms with E-state index < -0.39 is 0 Å². The van der Waals surface area contributed by atoms with Crippen molar-refractivity contribution in [3.63, 3.8) is 0 Å². The van der Waals surface area contributed by atoms with Crippen molar-refractivity contribution in [1.82, 2.24) is 9.79 Å². The molecule has 8 heteroatoms. The van der Waals surface area contributed by atoms with Crippen molar-refractivity contribution >= 4 is 17.9 Å². The van der Waals surface area contributed by atoms with Crippen LogP contribution in [0, 0.1) is 13.8 Å². The summed E-state index contributed by atoms with van der Waals surface area (Å²) in [6.07, 6.45) is 2.58. The number of carbonyl (C=O) groups excluding carboxylic acids is 1. The van der Waals surface area contributed by atoms with Crippen LogP contribution in [0.5, 0.6) is 11.5 Å². The molecule has 38 heavy (non-hydrogen) atoms. The summed E-state index contributed by atoms with van der Waals surface area (Å²) in [5.41, 5.74) is 2.39. The van der Waals surface area contributed by atoms with Gasteiger partial charge in [0.1, 0.15) is 11.5 Å². The Labute approximate surface area is 230 Å². The second-order valence-electron chi connectivity index (χ2n) is 8.95. The van der Waals surface area contributed by atoms with Gasteiger partial charge < -0.3 is 19.9 Å². The zero-order valence-electron chi connectivity index (χ0n) is 22.4. The molecule has 1 aliphatic rings. The van der Waals surface area contributed by atoms with Gasteiger partial charge in [0, 0.05) is 42.3 Å². The highest BCUT2D eigenvalue weighted by molar-refractivity contribution is 7.96. The number of hydroxylamine groups is 1. The lowest BCUT2D eigenvalue weighted by molar-refractivity contribution is -0.153. The first-order chi connectivity index (χ1) is 18.5. The molecule has 1 aliphatic heterocycles. The molecule has 1 fully saturated rings. The van der Waals surface area contributed by atoms with Gasteiger partial charge in [-0.2, -0.15) is 0 Å². The van der Waals surface area contributed by atoms with Crippen LogP contribution in [-0.4, -0.2) is 55.0 Å². The number of methoxy groups -OCH3 is 1. The van der Waals surface area contributed by atoms with Crippen LogP contribution < -0.4 is 10.1 Å². The SMILES string of the molecule is COc1ccc(SN(CCCNC(=O)c2cccc(O)c2C)OC2CCOCC2)cc1.Cc1ccccc1. The highest BCUT2D eigenvalue weighted by Crippen LogP contribution is 2.27. The van der Waals surface area contributed by atoms with Gasteiger partial charge in [0.05, 0.1) is 13.2 Å². The molecule has 7 nitrogen and oxygen atoms in total. The topological polar surface area (TPSA) is 80.3 Å². The van der Waals surface area contributed by atoms with E-state index in [1.165, 1.54) is 17.5 Å². The van der Waals surface area contributed by atoms with Crippen molar-refractivity contribution in [2.24, 2.45) is 0 Å². The van der Waals surface area contributed by atoms with Crippen molar-refractivity contribution in [3.8, 4) is 11.5 Å². The molecule has 0 saturated carbocycles. The molecular formula is C30H38N2O5S. The van der Waals surface area contributed by atoms with Crippen LogP contribution >= 0.6 is 11.9 Å². The molecule has 0 aromatic heterocycles. The van der Waals surface area contributed by atoms with Crippen LogP contribution in [0.1, 0.15) is 40.7 Å². The van der Waals surface area contributed by atoms with Crippen molar-refractivity contribution in [2.45, 2.75) is 44.1 Å². The normalized spacial score (nSPS) is 13.5. The number of nitrogens with zero attached hydrogens (tertiary/aromatic N) is 1. The average Bonchev–Trinajstić information content (AvgIpc) is 2.94. The van der Waals surface area contributed by atoms with Gasteiger partial charge in [0.15, 0.2) is 0 Å². The van der Waals surface area contributed by atoms with Gasteiger partial charge in [-0.1, -0.05) is 42.0 Å². The fourth-order valence-corrected chi connectivity index (χ4v) is 4.61. The maximum atomic E-state index is 12.4. The Bertz CT molecular complexity index is 1110. The molecule has 0 radical (unpaired) electrons. The molecule has 2 N–H and O–H groups in total. The zero-order valence-corrected chi connectivity index (χ0v) is 23.2. The number of hydrogen-bond acceptors (Lipinski definition) is 7. The van der Waals surface area contributed by atoms with Crippen LogP contribution in [0.4, 0.5) is 0 Å². The molecule has 3 aromatic rings. The third-order valence-electron chi connectivity index (χ3n) is 5.99. The Morgan fingerprint density at radius 3 is 2.37 bits per heavy atom. The number of amides is 1. The van der Waals surface area contributed by atoms with Crippen molar-refractivity contribution < 1.29 is 24.2 Å². The van der Waals surface area contributed by atoms with Gasteiger partial charge in [0.25, 0.3) is 5.91 Å². The molecule has 4 rings (SSSR count). The van der Waals surface area contributed by atoms with E-state index in [9.17, 15) is 9.90 Å². The number of phenols is 1.